The van der Waals surface area contributed by atoms with E-state index in [4.69, 9.17) is 0 Å². The van der Waals surface area contributed by atoms with Gasteiger partial charge >= 0.3 is 0 Å². The predicted molar refractivity (Wildman–Crippen MR) is 116 cm³/mol. The molecule has 7 nitrogen and oxygen atoms in total. The number of anilines is 1. The van der Waals surface area contributed by atoms with Gasteiger partial charge in [0.15, 0.2) is 5.75 Å². The van der Waals surface area contributed by atoms with Crippen molar-refractivity contribution in [2.45, 2.75) is 25.9 Å². The molecule has 0 bridgehead atoms. The Morgan fingerprint density at radius 1 is 1.19 bits per heavy atom. The van der Waals surface area contributed by atoms with Gasteiger partial charge in [-0.1, -0.05) is 12.1 Å². The molecule has 2 aromatic carbocycles. The third-order valence-corrected chi connectivity index (χ3v) is 7.00. The first-order valence-corrected chi connectivity index (χ1v) is 11.4. The fourth-order valence-corrected chi connectivity index (χ4v) is 4.66. The van der Waals surface area contributed by atoms with Crippen LogP contribution in [-0.2, 0) is 22.1 Å². The molecule has 162 valence electrons. The van der Waals surface area contributed by atoms with Gasteiger partial charge in [0, 0.05) is 30.7 Å². The molecule has 1 N–H and O–H groups in total. The van der Waals surface area contributed by atoms with Crippen molar-refractivity contribution in [1.82, 2.24) is 9.88 Å². The van der Waals surface area contributed by atoms with E-state index in [0.717, 1.165) is 10.6 Å². The van der Waals surface area contributed by atoms with Crippen molar-refractivity contribution < 1.29 is 22.7 Å². The SMILES string of the molecule is CN(c1c2c(c(O)c3ncccc13)C(=O)N(Cc1ccc(F)cc1)C2(C)C)S(C)(=O)=O. The van der Waals surface area contributed by atoms with Crippen LogP contribution < -0.4 is 4.31 Å². The smallest absolute Gasteiger partial charge is 0.259 e. The first-order chi connectivity index (χ1) is 14.4. The Hall–Kier alpha value is -3.20. The normalized spacial score (nSPS) is 15.4. The third-order valence-electron chi connectivity index (χ3n) is 5.82. The van der Waals surface area contributed by atoms with Gasteiger partial charge in [0.05, 0.1) is 23.0 Å². The second kappa shape index (κ2) is 6.91. The molecular formula is C22H22FN3O4S. The number of aromatic hydroxyl groups is 1. The molecule has 1 amide bonds. The van der Waals surface area contributed by atoms with Gasteiger partial charge in [-0.3, -0.25) is 14.1 Å². The van der Waals surface area contributed by atoms with Crippen LogP contribution in [-0.4, -0.2) is 42.6 Å². The van der Waals surface area contributed by atoms with Crippen molar-refractivity contribution >= 4 is 32.5 Å². The van der Waals surface area contributed by atoms with E-state index in [1.54, 1.807) is 43.0 Å². The van der Waals surface area contributed by atoms with Gasteiger partial charge in [0.25, 0.3) is 5.91 Å². The molecule has 0 saturated carbocycles. The van der Waals surface area contributed by atoms with E-state index < -0.39 is 21.5 Å². The van der Waals surface area contributed by atoms with E-state index in [-0.39, 0.29) is 29.2 Å². The van der Waals surface area contributed by atoms with Gasteiger partial charge < -0.3 is 10.0 Å². The highest BCUT2D eigenvalue weighted by Crippen LogP contribution is 2.51. The fourth-order valence-electron chi connectivity index (χ4n) is 4.14. The number of benzene rings is 2. The molecule has 0 fully saturated rings. The second-order valence-corrected chi connectivity index (χ2v) is 10.2. The van der Waals surface area contributed by atoms with Crippen LogP contribution in [0, 0.1) is 5.82 Å². The molecule has 4 rings (SSSR count). The number of pyridine rings is 1. The number of carbonyl (C=O) groups is 1. The topological polar surface area (TPSA) is 90.8 Å². The maximum absolute atomic E-state index is 13.5. The Morgan fingerprint density at radius 2 is 1.84 bits per heavy atom. The van der Waals surface area contributed by atoms with Crippen molar-refractivity contribution in [3.8, 4) is 5.75 Å². The van der Waals surface area contributed by atoms with Gasteiger partial charge in [-0.05, 0) is 43.7 Å². The molecule has 3 aromatic rings. The zero-order valence-corrected chi connectivity index (χ0v) is 18.4. The summed E-state index contributed by atoms with van der Waals surface area (Å²) in [6.45, 7) is 3.75. The summed E-state index contributed by atoms with van der Waals surface area (Å²) in [6, 6.07) is 9.12. The Bertz CT molecular complexity index is 1320. The van der Waals surface area contributed by atoms with E-state index in [1.165, 1.54) is 25.4 Å². The molecule has 1 aliphatic rings. The largest absolute Gasteiger partial charge is 0.505 e. The summed E-state index contributed by atoms with van der Waals surface area (Å²) < 4.78 is 39.4. The number of rotatable bonds is 4. The molecule has 1 aromatic heterocycles. The number of hydrogen-bond acceptors (Lipinski definition) is 5. The molecule has 0 spiro atoms. The van der Waals surface area contributed by atoms with Gasteiger partial charge in [-0.25, -0.2) is 12.8 Å². The minimum atomic E-state index is -3.68. The molecule has 0 unspecified atom stereocenters. The first-order valence-electron chi connectivity index (χ1n) is 9.59. The van der Waals surface area contributed by atoms with Crippen molar-refractivity contribution in [2.24, 2.45) is 0 Å². The molecule has 0 radical (unpaired) electrons. The van der Waals surface area contributed by atoms with Crippen LogP contribution in [0.3, 0.4) is 0 Å². The van der Waals surface area contributed by atoms with Gasteiger partial charge in [-0.15, -0.1) is 0 Å². The Balaban J connectivity index is 2.00. The minimum Gasteiger partial charge on any atom is -0.505 e. The number of carbonyl (C=O) groups excluding carboxylic acids is 1. The molecule has 0 atom stereocenters. The molecule has 2 heterocycles. The summed E-state index contributed by atoms with van der Waals surface area (Å²) in [5, 5.41) is 11.4. The summed E-state index contributed by atoms with van der Waals surface area (Å²) in [5.41, 5.74) is 0.638. The van der Waals surface area contributed by atoms with E-state index >= 15 is 0 Å². The monoisotopic (exact) mass is 443 g/mol. The summed E-state index contributed by atoms with van der Waals surface area (Å²) in [6.07, 6.45) is 2.55. The Kier molecular flexibility index (Phi) is 4.69. The van der Waals surface area contributed by atoms with Gasteiger partial charge in [0.1, 0.15) is 11.3 Å². The zero-order valence-electron chi connectivity index (χ0n) is 17.5. The lowest BCUT2D eigenvalue weighted by atomic mass is 9.89. The lowest BCUT2D eigenvalue weighted by Crippen LogP contribution is -2.39. The van der Waals surface area contributed by atoms with E-state index in [9.17, 15) is 22.7 Å². The number of halogens is 1. The van der Waals surface area contributed by atoms with E-state index in [0.29, 0.717) is 22.2 Å². The maximum Gasteiger partial charge on any atom is 0.259 e. The molecule has 31 heavy (non-hydrogen) atoms. The zero-order chi connectivity index (χ0) is 22.7. The van der Waals surface area contributed by atoms with E-state index in [2.05, 4.69) is 4.98 Å². The summed E-state index contributed by atoms with van der Waals surface area (Å²) in [7, 11) is -2.26. The standard InChI is InChI=1S/C22H22FN3O4S/c1-22(2)17-16(21(28)26(22)12-13-7-9-14(23)10-8-13)20(27)18-15(6-5-11-24-18)19(17)25(3)31(4,29)30/h5-11,27H,12H2,1-4H3. The molecule has 9 heteroatoms. The number of hydrogen-bond donors (Lipinski definition) is 1. The number of fused-ring (bicyclic) bond motifs is 2. The van der Waals surface area contributed by atoms with Crippen LogP contribution in [0.1, 0.15) is 35.3 Å². The van der Waals surface area contributed by atoms with Crippen LogP contribution in [0.4, 0.5) is 10.1 Å². The third kappa shape index (κ3) is 3.20. The number of aromatic nitrogens is 1. The molecule has 0 saturated heterocycles. The molecular weight excluding hydrogens is 421 g/mol. The number of phenols is 1. The fraction of sp³-hybridized carbons (Fsp3) is 0.273. The highest BCUT2D eigenvalue weighted by Gasteiger charge is 2.48. The second-order valence-electron chi connectivity index (χ2n) is 8.15. The van der Waals surface area contributed by atoms with Gasteiger partial charge in [-0.2, -0.15) is 0 Å². The highest BCUT2D eigenvalue weighted by molar-refractivity contribution is 7.92. The lowest BCUT2D eigenvalue weighted by molar-refractivity contribution is 0.0595. The van der Waals surface area contributed by atoms with Crippen molar-refractivity contribution in [3.05, 3.63) is 65.1 Å². The average molecular weight is 444 g/mol. The molecule has 1 aliphatic heterocycles. The van der Waals surface area contributed by atoms with E-state index in [1.807, 2.05) is 0 Å². The summed E-state index contributed by atoms with van der Waals surface area (Å²) >= 11 is 0. The molecule has 0 aliphatic carbocycles. The lowest BCUT2D eigenvalue weighted by Gasteiger charge is -2.35. The average Bonchev–Trinajstić information content (AvgIpc) is 2.90. The van der Waals surface area contributed by atoms with Crippen LogP contribution >= 0.6 is 0 Å². The highest BCUT2D eigenvalue weighted by atomic mass is 32.2. The number of nitrogens with zero attached hydrogens (tertiary/aromatic N) is 3. The van der Waals surface area contributed by atoms with Crippen LogP contribution in [0.25, 0.3) is 10.9 Å². The predicted octanol–water partition coefficient (Wildman–Crippen LogP) is 3.37. The maximum atomic E-state index is 13.5. The van der Waals surface area contributed by atoms with Crippen LogP contribution in [0.5, 0.6) is 5.75 Å². The number of phenolic OH excluding ortho intramolecular Hbond substituents is 1. The number of sulfonamides is 1. The van der Waals surface area contributed by atoms with Crippen molar-refractivity contribution in [2.75, 3.05) is 17.6 Å². The Labute approximate surface area is 179 Å². The van der Waals surface area contributed by atoms with Crippen LogP contribution in [0.2, 0.25) is 0 Å². The number of amides is 1. The summed E-state index contributed by atoms with van der Waals surface area (Å²) in [4.78, 5) is 19.2. The quantitative estimate of drug-likeness (QED) is 0.668. The first kappa shape index (κ1) is 21.0. The minimum absolute atomic E-state index is 0.0313. The van der Waals surface area contributed by atoms with Crippen LogP contribution in [0.15, 0.2) is 42.6 Å². The Morgan fingerprint density at radius 3 is 2.45 bits per heavy atom. The van der Waals surface area contributed by atoms with Gasteiger partial charge in [0.2, 0.25) is 10.0 Å². The van der Waals surface area contributed by atoms with Crippen molar-refractivity contribution in [3.63, 3.8) is 0 Å². The summed E-state index contributed by atoms with van der Waals surface area (Å²) in [5.74, 6) is -1.11. The van der Waals surface area contributed by atoms with Crippen molar-refractivity contribution in [1.29, 1.82) is 0 Å².